The van der Waals surface area contributed by atoms with E-state index in [1.165, 1.54) is 0 Å². The van der Waals surface area contributed by atoms with Gasteiger partial charge in [-0.2, -0.15) is 4.31 Å². The minimum Gasteiger partial charge on any atom is -0.496 e. The van der Waals surface area contributed by atoms with Gasteiger partial charge in [0.25, 0.3) is 0 Å². The predicted molar refractivity (Wildman–Crippen MR) is 101 cm³/mol. The van der Waals surface area contributed by atoms with E-state index in [2.05, 4.69) is 0 Å². The molecule has 0 radical (unpaired) electrons. The average molecular weight is 397 g/mol. The summed E-state index contributed by atoms with van der Waals surface area (Å²) in [6.45, 7) is 3.49. The highest BCUT2D eigenvalue weighted by atomic mass is 32.2. The highest BCUT2D eigenvalue weighted by Gasteiger charge is 2.27. The van der Waals surface area contributed by atoms with E-state index < -0.39 is 10.0 Å². The fourth-order valence-corrected chi connectivity index (χ4v) is 5.15. The Labute approximate surface area is 161 Å². The van der Waals surface area contributed by atoms with Crippen molar-refractivity contribution < 1.29 is 22.7 Å². The number of methoxy groups -OCH3 is 1. The molecular weight excluding hydrogens is 368 g/mol. The lowest BCUT2D eigenvalue weighted by atomic mass is 10.1. The second-order valence-corrected chi connectivity index (χ2v) is 8.87. The van der Waals surface area contributed by atoms with Gasteiger partial charge in [0.05, 0.1) is 25.2 Å². The summed E-state index contributed by atoms with van der Waals surface area (Å²) in [5.41, 5.74) is 0.747. The lowest BCUT2D eigenvalue weighted by Gasteiger charge is -2.27. The molecular formula is C19H28N2O5S. The summed E-state index contributed by atoms with van der Waals surface area (Å²) in [5, 5.41) is 0. The van der Waals surface area contributed by atoms with Crippen LogP contribution in [0.3, 0.4) is 0 Å². The third-order valence-electron chi connectivity index (χ3n) is 5.18. The molecule has 27 heavy (non-hydrogen) atoms. The zero-order valence-electron chi connectivity index (χ0n) is 15.9. The van der Waals surface area contributed by atoms with Crippen LogP contribution in [0.5, 0.6) is 5.75 Å². The summed E-state index contributed by atoms with van der Waals surface area (Å²) in [4.78, 5) is 14.5. The Morgan fingerprint density at radius 1 is 1.11 bits per heavy atom. The molecule has 1 amide bonds. The molecule has 2 heterocycles. The number of benzene rings is 1. The van der Waals surface area contributed by atoms with Gasteiger partial charge >= 0.3 is 0 Å². The minimum atomic E-state index is -3.50. The molecule has 1 aromatic carbocycles. The van der Waals surface area contributed by atoms with Crippen LogP contribution >= 0.6 is 0 Å². The zero-order chi connectivity index (χ0) is 19.3. The van der Waals surface area contributed by atoms with Crippen LogP contribution in [0.25, 0.3) is 0 Å². The lowest BCUT2D eigenvalue weighted by molar-refractivity contribution is -0.135. The van der Waals surface area contributed by atoms with Crippen molar-refractivity contribution in [2.24, 2.45) is 0 Å². The molecule has 0 unspecified atom stereocenters. The van der Waals surface area contributed by atoms with Gasteiger partial charge in [-0.3, -0.25) is 4.79 Å². The second kappa shape index (κ2) is 9.03. The van der Waals surface area contributed by atoms with Crippen molar-refractivity contribution in [2.75, 3.05) is 46.5 Å². The van der Waals surface area contributed by atoms with Crippen LogP contribution in [0.4, 0.5) is 0 Å². The van der Waals surface area contributed by atoms with E-state index >= 15 is 0 Å². The topological polar surface area (TPSA) is 76.2 Å². The molecule has 3 rings (SSSR count). The molecule has 150 valence electrons. The molecule has 2 aliphatic rings. The summed E-state index contributed by atoms with van der Waals surface area (Å²) in [6.07, 6.45) is 3.64. The summed E-state index contributed by atoms with van der Waals surface area (Å²) >= 11 is 0. The van der Waals surface area contributed by atoms with E-state index in [0.717, 1.165) is 24.8 Å². The maximum absolute atomic E-state index is 12.9. The first-order chi connectivity index (χ1) is 13.0. The van der Waals surface area contributed by atoms with Crippen LogP contribution in [0.2, 0.25) is 0 Å². The smallest absolute Gasteiger partial charge is 0.243 e. The number of amides is 1. The molecule has 1 aromatic rings. The molecule has 7 nitrogen and oxygen atoms in total. The first-order valence-corrected chi connectivity index (χ1v) is 11.0. The highest BCUT2D eigenvalue weighted by molar-refractivity contribution is 7.89. The third kappa shape index (κ3) is 4.80. The molecule has 0 atom stereocenters. The molecule has 0 N–H and O–H groups in total. The number of carbonyl (C=O) groups excluding carboxylic acids is 1. The first kappa shape index (κ1) is 20.1. The first-order valence-electron chi connectivity index (χ1n) is 9.55. The molecule has 0 aliphatic carbocycles. The van der Waals surface area contributed by atoms with Gasteiger partial charge in [-0.05, 0) is 43.0 Å². The zero-order valence-corrected chi connectivity index (χ0v) is 16.7. The number of hydrogen-bond acceptors (Lipinski definition) is 5. The number of aryl methyl sites for hydroxylation is 1. The molecule has 2 fully saturated rings. The molecule has 0 saturated carbocycles. The molecule has 8 heteroatoms. The Bertz CT molecular complexity index is 753. The lowest BCUT2D eigenvalue weighted by Crippen LogP contribution is -2.40. The molecule has 0 aromatic heterocycles. The van der Waals surface area contributed by atoms with Crippen molar-refractivity contribution in [1.29, 1.82) is 0 Å². The Morgan fingerprint density at radius 2 is 1.81 bits per heavy atom. The third-order valence-corrected chi connectivity index (χ3v) is 7.07. The van der Waals surface area contributed by atoms with Crippen LogP contribution in [0, 0.1) is 0 Å². The van der Waals surface area contributed by atoms with Gasteiger partial charge in [-0.15, -0.1) is 0 Å². The number of morpholine rings is 1. The number of rotatable bonds is 6. The standard InChI is InChI=1S/C19H28N2O5S/c1-25-18-7-6-17(27(23,24)21-9-3-2-4-10-21)15-16(18)5-8-19(22)20-11-13-26-14-12-20/h6-7,15H,2-5,8-14H2,1H3. The van der Waals surface area contributed by atoms with Crippen molar-refractivity contribution in [1.82, 2.24) is 9.21 Å². The van der Waals surface area contributed by atoms with E-state index in [1.54, 1.807) is 34.5 Å². The van der Waals surface area contributed by atoms with Crippen LogP contribution in [-0.4, -0.2) is 70.0 Å². The van der Waals surface area contributed by atoms with Crippen molar-refractivity contribution in [3.05, 3.63) is 23.8 Å². The Balaban J connectivity index is 1.74. The number of carbonyl (C=O) groups is 1. The number of sulfonamides is 1. The van der Waals surface area contributed by atoms with Gasteiger partial charge < -0.3 is 14.4 Å². The summed E-state index contributed by atoms with van der Waals surface area (Å²) in [6, 6.07) is 4.94. The highest BCUT2D eigenvalue weighted by Crippen LogP contribution is 2.27. The number of nitrogens with zero attached hydrogens (tertiary/aromatic N) is 2. The van der Waals surface area contributed by atoms with E-state index in [0.29, 0.717) is 58.0 Å². The monoisotopic (exact) mass is 396 g/mol. The van der Waals surface area contributed by atoms with Crippen molar-refractivity contribution in [3.8, 4) is 5.75 Å². The van der Waals surface area contributed by atoms with Crippen LogP contribution in [-0.2, 0) is 26.0 Å². The molecule has 0 spiro atoms. The maximum atomic E-state index is 12.9. The van der Waals surface area contributed by atoms with Gasteiger partial charge in [-0.1, -0.05) is 6.42 Å². The Morgan fingerprint density at radius 3 is 2.48 bits per heavy atom. The SMILES string of the molecule is COc1ccc(S(=O)(=O)N2CCCCC2)cc1CCC(=O)N1CCOCC1. The van der Waals surface area contributed by atoms with E-state index in [9.17, 15) is 13.2 Å². The fourth-order valence-electron chi connectivity index (χ4n) is 3.58. The van der Waals surface area contributed by atoms with Gasteiger partial charge in [0.2, 0.25) is 15.9 Å². The van der Waals surface area contributed by atoms with Crippen LogP contribution in [0.15, 0.2) is 23.1 Å². The van der Waals surface area contributed by atoms with Crippen molar-refractivity contribution in [2.45, 2.75) is 37.0 Å². The van der Waals surface area contributed by atoms with E-state index in [-0.39, 0.29) is 10.8 Å². The molecule has 0 bridgehead atoms. The Hall–Kier alpha value is -1.64. The quantitative estimate of drug-likeness (QED) is 0.731. The minimum absolute atomic E-state index is 0.0599. The van der Waals surface area contributed by atoms with Gasteiger partial charge in [0.1, 0.15) is 5.75 Å². The van der Waals surface area contributed by atoms with Crippen LogP contribution in [0.1, 0.15) is 31.2 Å². The number of piperidine rings is 1. The normalized spacial score (nSPS) is 19.1. The number of hydrogen-bond donors (Lipinski definition) is 0. The fraction of sp³-hybridized carbons (Fsp3) is 0.632. The average Bonchev–Trinajstić information content (AvgIpc) is 2.73. The summed E-state index contributed by atoms with van der Waals surface area (Å²) in [5.74, 6) is 0.673. The van der Waals surface area contributed by atoms with Crippen molar-refractivity contribution in [3.63, 3.8) is 0 Å². The van der Waals surface area contributed by atoms with Gasteiger partial charge in [0.15, 0.2) is 0 Å². The summed E-state index contributed by atoms with van der Waals surface area (Å²) in [7, 11) is -1.95. The second-order valence-electron chi connectivity index (χ2n) is 6.93. The maximum Gasteiger partial charge on any atom is 0.243 e. The van der Waals surface area contributed by atoms with E-state index in [4.69, 9.17) is 9.47 Å². The number of ether oxygens (including phenoxy) is 2. The largest absolute Gasteiger partial charge is 0.496 e. The molecule has 2 aliphatic heterocycles. The van der Waals surface area contributed by atoms with Gasteiger partial charge in [0, 0.05) is 32.6 Å². The van der Waals surface area contributed by atoms with E-state index in [1.807, 2.05) is 0 Å². The van der Waals surface area contributed by atoms with Crippen molar-refractivity contribution >= 4 is 15.9 Å². The Kier molecular flexibility index (Phi) is 6.73. The molecule has 2 saturated heterocycles. The predicted octanol–water partition coefficient (Wildman–Crippen LogP) is 1.66. The summed E-state index contributed by atoms with van der Waals surface area (Å²) < 4.78 is 38.1. The van der Waals surface area contributed by atoms with Gasteiger partial charge in [-0.25, -0.2) is 8.42 Å². The van der Waals surface area contributed by atoms with Crippen LogP contribution < -0.4 is 4.74 Å².